The lowest BCUT2D eigenvalue weighted by molar-refractivity contribution is -0.138. The topological polar surface area (TPSA) is 119 Å². The van der Waals surface area contributed by atoms with Gasteiger partial charge in [-0.1, -0.05) is 24.3 Å². The standard InChI is InChI=1S/C18H25N3O3/c1-11(17(23)24)13-6-8-15(9-7-13)16(22)14-4-2-12(3-5-14)10-21-18(19)20/h6-9,11-12,14H,2-5,10H2,1H3,(H,23,24)(H4,19,20,21). The average molecular weight is 331 g/mol. The number of Topliss-reactive ketones (excluding diaryl/α,β-unsaturated/α-hetero) is 1. The third-order valence-electron chi connectivity index (χ3n) is 4.82. The second-order valence-corrected chi connectivity index (χ2v) is 6.53. The van der Waals surface area contributed by atoms with Gasteiger partial charge in [0, 0.05) is 18.0 Å². The van der Waals surface area contributed by atoms with Crippen molar-refractivity contribution in [2.24, 2.45) is 28.3 Å². The zero-order chi connectivity index (χ0) is 17.7. The molecule has 1 aromatic carbocycles. The molecule has 1 unspecified atom stereocenters. The molecule has 0 bridgehead atoms. The maximum atomic E-state index is 12.6. The van der Waals surface area contributed by atoms with Gasteiger partial charge in [0.25, 0.3) is 0 Å². The number of nitrogens with two attached hydrogens (primary N) is 2. The molecule has 1 saturated carbocycles. The van der Waals surface area contributed by atoms with E-state index in [1.165, 1.54) is 0 Å². The fraction of sp³-hybridized carbons (Fsp3) is 0.500. The van der Waals surface area contributed by atoms with Crippen LogP contribution in [-0.2, 0) is 4.79 Å². The Labute approximate surface area is 141 Å². The molecule has 1 fully saturated rings. The van der Waals surface area contributed by atoms with Crippen LogP contribution in [0.5, 0.6) is 0 Å². The van der Waals surface area contributed by atoms with E-state index in [0.29, 0.717) is 23.6 Å². The van der Waals surface area contributed by atoms with Crippen molar-refractivity contribution in [3.05, 3.63) is 35.4 Å². The molecule has 0 amide bonds. The summed E-state index contributed by atoms with van der Waals surface area (Å²) >= 11 is 0. The third kappa shape index (κ3) is 4.57. The van der Waals surface area contributed by atoms with E-state index in [9.17, 15) is 9.59 Å². The number of carbonyl (C=O) groups is 2. The highest BCUT2D eigenvalue weighted by atomic mass is 16.4. The predicted molar refractivity (Wildman–Crippen MR) is 92.9 cm³/mol. The molecule has 0 heterocycles. The Balaban J connectivity index is 1.93. The molecule has 130 valence electrons. The van der Waals surface area contributed by atoms with Gasteiger partial charge in [0.1, 0.15) is 0 Å². The minimum atomic E-state index is -0.867. The molecule has 0 saturated heterocycles. The normalized spacial score (nSPS) is 21.7. The summed E-state index contributed by atoms with van der Waals surface area (Å²) in [5.74, 6) is -0.708. The fourth-order valence-corrected chi connectivity index (χ4v) is 3.16. The van der Waals surface area contributed by atoms with E-state index in [1.807, 2.05) is 0 Å². The first kappa shape index (κ1) is 18.0. The molecule has 6 nitrogen and oxygen atoms in total. The first-order valence-corrected chi connectivity index (χ1v) is 8.31. The number of aliphatic carboxylic acids is 1. The van der Waals surface area contributed by atoms with Gasteiger partial charge in [-0.3, -0.25) is 14.6 Å². The molecule has 5 N–H and O–H groups in total. The first-order valence-electron chi connectivity index (χ1n) is 8.31. The van der Waals surface area contributed by atoms with E-state index in [-0.39, 0.29) is 17.7 Å². The van der Waals surface area contributed by atoms with Crippen molar-refractivity contribution in [1.29, 1.82) is 0 Å². The summed E-state index contributed by atoms with van der Waals surface area (Å²) in [5, 5.41) is 9.03. The van der Waals surface area contributed by atoms with Gasteiger partial charge in [-0.25, -0.2) is 0 Å². The van der Waals surface area contributed by atoms with Crippen LogP contribution in [0.25, 0.3) is 0 Å². The Kier molecular flexibility index (Phi) is 5.95. The molecule has 2 rings (SSSR count). The molecule has 0 radical (unpaired) electrons. The van der Waals surface area contributed by atoms with Gasteiger partial charge in [-0.05, 0) is 44.1 Å². The number of benzene rings is 1. The van der Waals surface area contributed by atoms with Crippen LogP contribution >= 0.6 is 0 Å². The van der Waals surface area contributed by atoms with Gasteiger partial charge < -0.3 is 16.6 Å². The summed E-state index contributed by atoms with van der Waals surface area (Å²) in [7, 11) is 0. The van der Waals surface area contributed by atoms with Gasteiger partial charge in [-0.2, -0.15) is 0 Å². The number of carboxylic acid groups (broad SMARTS) is 1. The lowest BCUT2D eigenvalue weighted by Gasteiger charge is -2.26. The van der Waals surface area contributed by atoms with Gasteiger partial charge in [-0.15, -0.1) is 0 Å². The van der Waals surface area contributed by atoms with E-state index in [1.54, 1.807) is 31.2 Å². The molecule has 1 aliphatic rings. The Morgan fingerprint density at radius 2 is 1.75 bits per heavy atom. The molecule has 1 aliphatic carbocycles. The summed E-state index contributed by atoms with van der Waals surface area (Å²) < 4.78 is 0. The van der Waals surface area contributed by atoms with Crippen LogP contribution < -0.4 is 11.5 Å². The van der Waals surface area contributed by atoms with Crippen molar-refractivity contribution < 1.29 is 14.7 Å². The van der Waals surface area contributed by atoms with E-state index < -0.39 is 11.9 Å². The Bertz CT molecular complexity index is 613. The predicted octanol–water partition coefficient (Wildman–Crippen LogP) is 2.14. The summed E-state index contributed by atoms with van der Waals surface area (Å²) in [6.45, 7) is 2.27. The fourth-order valence-electron chi connectivity index (χ4n) is 3.16. The number of rotatable bonds is 6. The zero-order valence-electron chi connectivity index (χ0n) is 13.9. The Hall–Kier alpha value is -2.37. The highest BCUT2D eigenvalue weighted by molar-refractivity contribution is 5.98. The van der Waals surface area contributed by atoms with Crippen LogP contribution in [0.1, 0.15) is 54.4 Å². The maximum absolute atomic E-state index is 12.6. The van der Waals surface area contributed by atoms with Crippen LogP contribution in [0.4, 0.5) is 0 Å². The SMILES string of the molecule is CC(C(=O)O)c1ccc(C(=O)C2CCC(CN=C(N)N)CC2)cc1. The van der Waals surface area contributed by atoms with E-state index >= 15 is 0 Å². The lowest BCUT2D eigenvalue weighted by atomic mass is 9.78. The summed E-state index contributed by atoms with van der Waals surface area (Å²) in [6, 6.07) is 6.94. The summed E-state index contributed by atoms with van der Waals surface area (Å²) in [4.78, 5) is 27.7. The van der Waals surface area contributed by atoms with Crippen molar-refractivity contribution in [3.8, 4) is 0 Å². The first-order chi connectivity index (χ1) is 11.4. The minimum absolute atomic E-state index is 0.0307. The van der Waals surface area contributed by atoms with Gasteiger partial charge >= 0.3 is 5.97 Å². The molecule has 0 spiro atoms. The molecule has 1 atom stereocenters. The number of guanidine groups is 1. The number of hydrogen-bond acceptors (Lipinski definition) is 3. The number of carbonyl (C=O) groups excluding carboxylic acids is 1. The Morgan fingerprint density at radius 1 is 1.17 bits per heavy atom. The minimum Gasteiger partial charge on any atom is -0.481 e. The maximum Gasteiger partial charge on any atom is 0.310 e. The number of hydrogen-bond donors (Lipinski definition) is 3. The zero-order valence-corrected chi connectivity index (χ0v) is 13.9. The highest BCUT2D eigenvalue weighted by Crippen LogP contribution is 2.31. The van der Waals surface area contributed by atoms with Crippen LogP contribution in [-0.4, -0.2) is 29.4 Å². The van der Waals surface area contributed by atoms with Crippen LogP contribution in [0.2, 0.25) is 0 Å². The van der Waals surface area contributed by atoms with Crippen LogP contribution in [0, 0.1) is 11.8 Å². The van der Waals surface area contributed by atoms with Crippen molar-refractivity contribution in [2.45, 2.75) is 38.5 Å². The van der Waals surface area contributed by atoms with Gasteiger partial charge in [0.2, 0.25) is 0 Å². The lowest BCUT2D eigenvalue weighted by Crippen LogP contribution is -2.26. The van der Waals surface area contributed by atoms with Crippen molar-refractivity contribution in [2.75, 3.05) is 6.54 Å². The monoisotopic (exact) mass is 331 g/mol. The van der Waals surface area contributed by atoms with Crippen molar-refractivity contribution in [3.63, 3.8) is 0 Å². The largest absolute Gasteiger partial charge is 0.481 e. The summed E-state index contributed by atoms with van der Waals surface area (Å²) in [6.07, 6.45) is 3.58. The summed E-state index contributed by atoms with van der Waals surface area (Å²) in [5.41, 5.74) is 12.1. The molecular formula is C18H25N3O3. The van der Waals surface area contributed by atoms with Crippen LogP contribution in [0.3, 0.4) is 0 Å². The molecule has 1 aromatic rings. The number of nitrogens with zero attached hydrogens (tertiary/aromatic N) is 1. The van der Waals surface area contributed by atoms with E-state index in [4.69, 9.17) is 16.6 Å². The van der Waals surface area contributed by atoms with E-state index in [0.717, 1.165) is 25.7 Å². The number of aliphatic imine (C=N–C) groups is 1. The highest BCUT2D eigenvalue weighted by Gasteiger charge is 2.27. The van der Waals surface area contributed by atoms with Crippen LogP contribution in [0.15, 0.2) is 29.3 Å². The second-order valence-electron chi connectivity index (χ2n) is 6.53. The average Bonchev–Trinajstić information content (AvgIpc) is 2.59. The number of carboxylic acids is 1. The smallest absolute Gasteiger partial charge is 0.310 e. The van der Waals surface area contributed by atoms with Crippen molar-refractivity contribution in [1.82, 2.24) is 0 Å². The molecule has 6 heteroatoms. The van der Waals surface area contributed by atoms with Gasteiger partial charge in [0.05, 0.1) is 5.92 Å². The third-order valence-corrected chi connectivity index (χ3v) is 4.82. The number of ketones is 1. The van der Waals surface area contributed by atoms with Crippen molar-refractivity contribution >= 4 is 17.7 Å². The van der Waals surface area contributed by atoms with Gasteiger partial charge in [0.15, 0.2) is 11.7 Å². The second kappa shape index (κ2) is 7.95. The molecule has 24 heavy (non-hydrogen) atoms. The molecular weight excluding hydrogens is 306 g/mol. The Morgan fingerprint density at radius 3 is 2.25 bits per heavy atom. The molecule has 0 aromatic heterocycles. The molecule has 0 aliphatic heterocycles. The quantitative estimate of drug-likeness (QED) is 0.419. The van der Waals surface area contributed by atoms with E-state index in [2.05, 4.69) is 4.99 Å².